The van der Waals surface area contributed by atoms with Crippen molar-refractivity contribution in [1.82, 2.24) is 9.62 Å². The SMILES string of the molecule is O=C(/C=C/c1cc(Cl)c2c(c1)OCCO2)N1CCC(NS(=O)(=O)c2cccs2)CC1. The Morgan fingerprint density at radius 1 is 1.23 bits per heavy atom. The lowest BCUT2D eigenvalue weighted by Crippen LogP contribution is -2.46. The van der Waals surface area contributed by atoms with Gasteiger partial charge in [-0.05, 0) is 48.1 Å². The summed E-state index contributed by atoms with van der Waals surface area (Å²) in [7, 11) is -3.50. The minimum Gasteiger partial charge on any atom is -0.486 e. The number of rotatable bonds is 5. The van der Waals surface area contributed by atoms with Crippen molar-refractivity contribution in [2.75, 3.05) is 26.3 Å². The second kappa shape index (κ2) is 8.97. The molecule has 0 aliphatic carbocycles. The third kappa shape index (κ3) is 4.80. The number of nitrogens with zero attached hydrogens (tertiary/aromatic N) is 1. The fraction of sp³-hybridized carbons (Fsp3) is 0.350. The van der Waals surface area contributed by atoms with Crippen molar-refractivity contribution in [1.29, 1.82) is 0 Å². The van der Waals surface area contributed by atoms with Crippen molar-refractivity contribution in [3.8, 4) is 11.5 Å². The maximum Gasteiger partial charge on any atom is 0.250 e. The number of thiophene rings is 1. The third-order valence-corrected chi connectivity index (χ3v) is 8.12. The first-order valence-corrected chi connectivity index (χ1v) is 12.3. The molecule has 0 radical (unpaired) electrons. The van der Waals surface area contributed by atoms with Crippen LogP contribution < -0.4 is 14.2 Å². The van der Waals surface area contributed by atoms with Crippen LogP contribution in [0, 0.1) is 0 Å². The summed E-state index contributed by atoms with van der Waals surface area (Å²) in [4.78, 5) is 14.3. The Morgan fingerprint density at radius 3 is 2.73 bits per heavy atom. The van der Waals surface area contributed by atoms with Crippen LogP contribution in [0.3, 0.4) is 0 Å². The largest absolute Gasteiger partial charge is 0.486 e. The van der Waals surface area contributed by atoms with E-state index in [4.69, 9.17) is 21.1 Å². The van der Waals surface area contributed by atoms with E-state index in [9.17, 15) is 13.2 Å². The van der Waals surface area contributed by atoms with Crippen molar-refractivity contribution >= 4 is 44.9 Å². The minimum atomic E-state index is -3.50. The quantitative estimate of drug-likeness (QED) is 0.681. The second-order valence-electron chi connectivity index (χ2n) is 7.01. The number of piperidine rings is 1. The zero-order chi connectivity index (χ0) is 21.1. The number of hydrogen-bond acceptors (Lipinski definition) is 6. The van der Waals surface area contributed by atoms with Gasteiger partial charge < -0.3 is 14.4 Å². The van der Waals surface area contributed by atoms with Crippen LogP contribution in [0.25, 0.3) is 6.08 Å². The maximum absolute atomic E-state index is 12.5. The fourth-order valence-corrected chi connectivity index (χ4v) is 6.00. The predicted octanol–water partition coefficient (Wildman–Crippen LogP) is 3.16. The molecule has 4 rings (SSSR count). The summed E-state index contributed by atoms with van der Waals surface area (Å²) in [5.41, 5.74) is 0.746. The van der Waals surface area contributed by atoms with Crippen molar-refractivity contribution < 1.29 is 22.7 Å². The van der Waals surface area contributed by atoms with Crippen molar-refractivity contribution in [2.45, 2.75) is 23.1 Å². The molecule has 2 aliphatic rings. The Hall–Kier alpha value is -2.07. The molecule has 0 bridgehead atoms. The Balaban J connectivity index is 1.33. The average Bonchev–Trinajstić information content (AvgIpc) is 3.28. The van der Waals surface area contributed by atoms with Gasteiger partial charge in [-0.3, -0.25) is 4.79 Å². The number of likely N-dealkylation sites (tertiary alicyclic amines) is 1. The van der Waals surface area contributed by atoms with Crippen LogP contribution in [0.4, 0.5) is 0 Å². The molecule has 1 amide bonds. The number of halogens is 1. The summed E-state index contributed by atoms with van der Waals surface area (Å²) in [6, 6.07) is 6.63. The van der Waals surface area contributed by atoms with E-state index < -0.39 is 10.0 Å². The number of carbonyl (C=O) groups is 1. The van der Waals surface area contributed by atoms with E-state index in [2.05, 4.69) is 4.72 Å². The van der Waals surface area contributed by atoms with Crippen molar-refractivity contribution in [3.63, 3.8) is 0 Å². The number of carbonyl (C=O) groups excluding carboxylic acids is 1. The van der Waals surface area contributed by atoms with Crippen LogP contribution in [0.1, 0.15) is 18.4 Å². The van der Waals surface area contributed by atoms with E-state index in [1.54, 1.807) is 40.6 Å². The van der Waals surface area contributed by atoms with E-state index in [1.165, 1.54) is 17.4 Å². The third-order valence-electron chi connectivity index (χ3n) is 4.93. The van der Waals surface area contributed by atoms with Crippen LogP contribution in [0.5, 0.6) is 11.5 Å². The molecule has 3 heterocycles. The predicted molar refractivity (Wildman–Crippen MR) is 116 cm³/mol. The normalized spacial score (nSPS) is 17.4. The summed E-state index contributed by atoms with van der Waals surface area (Å²) < 4.78 is 38.8. The van der Waals surface area contributed by atoms with Gasteiger partial charge in [0.25, 0.3) is 0 Å². The number of benzene rings is 1. The lowest BCUT2D eigenvalue weighted by atomic mass is 10.1. The summed E-state index contributed by atoms with van der Waals surface area (Å²) in [5.74, 6) is 0.971. The molecule has 7 nitrogen and oxygen atoms in total. The molecule has 10 heteroatoms. The van der Waals surface area contributed by atoms with Gasteiger partial charge in [-0.1, -0.05) is 17.7 Å². The molecule has 0 saturated carbocycles. The number of fused-ring (bicyclic) bond motifs is 1. The van der Waals surface area contributed by atoms with Gasteiger partial charge in [0.2, 0.25) is 15.9 Å². The smallest absolute Gasteiger partial charge is 0.250 e. The van der Waals surface area contributed by atoms with Gasteiger partial charge >= 0.3 is 0 Å². The summed E-state index contributed by atoms with van der Waals surface area (Å²) in [6.07, 6.45) is 4.33. The molecule has 1 saturated heterocycles. The van der Waals surface area contributed by atoms with Crippen LogP contribution in [-0.2, 0) is 14.8 Å². The summed E-state index contributed by atoms with van der Waals surface area (Å²) in [6.45, 7) is 1.89. The number of ether oxygens (including phenoxy) is 2. The molecule has 0 unspecified atom stereocenters. The van der Waals surface area contributed by atoms with E-state index in [-0.39, 0.29) is 11.9 Å². The van der Waals surface area contributed by atoms with Gasteiger partial charge in [-0.25, -0.2) is 13.1 Å². The summed E-state index contributed by atoms with van der Waals surface area (Å²) >= 11 is 7.42. The standard InChI is InChI=1S/C20H21ClN2O5S2/c21-16-12-14(13-17-20(16)28-10-9-27-17)3-4-18(24)23-7-5-15(6-8-23)22-30(25,26)19-2-1-11-29-19/h1-4,11-13,15,22H,5-10H2/b4-3+. The maximum atomic E-state index is 12.5. The Kier molecular flexibility index (Phi) is 6.33. The van der Waals surface area contributed by atoms with E-state index in [0.29, 0.717) is 59.9 Å². The van der Waals surface area contributed by atoms with Crippen LogP contribution >= 0.6 is 22.9 Å². The van der Waals surface area contributed by atoms with Gasteiger partial charge in [0.1, 0.15) is 17.4 Å². The molecule has 2 aromatic rings. The van der Waals surface area contributed by atoms with Gasteiger partial charge in [-0.2, -0.15) is 0 Å². The van der Waals surface area contributed by atoms with Gasteiger partial charge in [-0.15, -0.1) is 11.3 Å². The van der Waals surface area contributed by atoms with E-state index in [0.717, 1.165) is 5.56 Å². The summed E-state index contributed by atoms with van der Waals surface area (Å²) in [5, 5.41) is 2.18. The van der Waals surface area contributed by atoms with Crippen molar-refractivity contribution in [3.05, 3.63) is 46.3 Å². The number of sulfonamides is 1. The molecule has 0 atom stereocenters. The first-order valence-electron chi connectivity index (χ1n) is 9.54. The Bertz CT molecular complexity index is 1050. The molecular formula is C20H21ClN2O5S2. The highest BCUT2D eigenvalue weighted by molar-refractivity contribution is 7.91. The molecule has 2 aliphatic heterocycles. The van der Waals surface area contributed by atoms with Gasteiger partial charge in [0.05, 0.1) is 5.02 Å². The van der Waals surface area contributed by atoms with E-state index >= 15 is 0 Å². The molecule has 160 valence electrons. The molecule has 1 aromatic carbocycles. The first kappa shape index (κ1) is 21.2. The lowest BCUT2D eigenvalue weighted by Gasteiger charge is -2.31. The lowest BCUT2D eigenvalue weighted by molar-refractivity contribution is -0.126. The first-order chi connectivity index (χ1) is 14.4. The zero-order valence-corrected chi connectivity index (χ0v) is 18.4. The molecule has 30 heavy (non-hydrogen) atoms. The zero-order valence-electron chi connectivity index (χ0n) is 16.0. The van der Waals surface area contributed by atoms with Crippen LogP contribution in [-0.4, -0.2) is 51.6 Å². The van der Waals surface area contributed by atoms with Crippen LogP contribution in [0.15, 0.2) is 39.9 Å². The minimum absolute atomic E-state index is 0.124. The average molecular weight is 469 g/mol. The number of amides is 1. The molecule has 1 aromatic heterocycles. The topological polar surface area (TPSA) is 84.9 Å². The Labute approximate surface area is 184 Å². The molecule has 0 spiro atoms. The highest BCUT2D eigenvalue weighted by Gasteiger charge is 2.26. The van der Waals surface area contributed by atoms with Crippen molar-refractivity contribution in [2.24, 2.45) is 0 Å². The monoisotopic (exact) mass is 468 g/mol. The number of nitrogens with one attached hydrogen (secondary N) is 1. The van der Waals surface area contributed by atoms with Crippen LogP contribution in [0.2, 0.25) is 5.02 Å². The molecular weight excluding hydrogens is 448 g/mol. The van der Waals surface area contributed by atoms with Gasteiger partial charge in [0.15, 0.2) is 11.5 Å². The Morgan fingerprint density at radius 2 is 2.00 bits per heavy atom. The molecule has 1 N–H and O–H groups in total. The van der Waals surface area contributed by atoms with E-state index in [1.807, 2.05) is 0 Å². The fourth-order valence-electron chi connectivity index (χ4n) is 3.41. The second-order valence-corrected chi connectivity index (χ2v) is 10.3. The molecule has 1 fully saturated rings. The number of hydrogen-bond donors (Lipinski definition) is 1. The van der Waals surface area contributed by atoms with Gasteiger partial charge in [0, 0.05) is 25.2 Å². The highest BCUT2D eigenvalue weighted by atomic mass is 35.5. The highest BCUT2D eigenvalue weighted by Crippen LogP contribution is 2.38.